The quantitative estimate of drug-likeness (QED) is 0.511. The predicted molar refractivity (Wildman–Crippen MR) is 36.0 cm³/mol. The number of hydrogen-bond acceptors (Lipinski definition) is 0. The van der Waals surface area contributed by atoms with E-state index < -0.39 is 0 Å². The zero-order valence-corrected chi connectivity index (χ0v) is 5.22. The van der Waals surface area contributed by atoms with E-state index in [1.165, 1.54) is 0 Å². The third-order valence-electron chi connectivity index (χ3n) is 0.713. The van der Waals surface area contributed by atoms with E-state index >= 15 is 0 Å². The van der Waals surface area contributed by atoms with Gasteiger partial charge in [-0.3, -0.25) is 0 Å². The van der Waals surface area contributed by atoms with Gasteiger partial charge in [0.15, 0.2) is 0 Å². The second kappa shape index (κ2) is 4.34. The maximum atomic E-state index is 3.72. The Hall–Kier alpha value is -0.820. The molecular formula is C7H12N+. The van der Waals surface area contributed by atoms with E-state index in [0.29, 0.717) is 0 Å². The van der Waals surface area contributed by atoms with Gasteiger partial charge in [0.25, 0.3) is 0 Å². The summed E-state index contributed by atoms with van der Waals surface area (Å²) in [5.41, 5.74) is 4.71. The molecule has 1 nitrogen and oxygen atoms in total. The molecule has 0 aromatic rings. The van der Waals surface area contributed by atoms with Crippen LogP contribution in [0.1, 0.15) is 6.92 Å². The van der Waals surface area contributed by atoms with Gasteiger partial charge in [-0.1, -0.05) is 18.7 Å². The van der Waals surface area contributed by atoms with Crippen molar-refractivity contribution in [2.75, 3.05) is 0 Å². The Morgan fingerprint density at radius 3 is 2.62 bits per heavy atom. The Labute approximate surface area is 50.2 Å². The summed E-state index contributed by atoms with van der Waals surface area (Å²) in [6.07, 6.45) is 7.46. The molecule has 0 amide bonds. The highest BCUT2D eigenvalue weighted by Crippen LogP contribution is 1.81. The molecule has 0 rings (SSSR count). The van der Waals surface area contributed by atoms with Gasteiger partial charge in [-0.25, -0.2) is 0 Å². The first-order valence-electron chi connectivity index (χ1n) is 2.58. The Kier molecular flexibility index (Phi) is 3.90. The fraction of sp³-hybridized carbons (Fsp3) is 0.143. The SMILES string of the molecule is C=CC=C([NH3+])C=CC. The zero-order chi connectivity index (χ0) is 6.41. The average molecular weight is 110 g/mol. The molecule has 8 heavy (non-hydrogen) atoms. The normalized spacial score (nSPS) is 12.5. The lowest BCUT2D eigenvalue weighted by molar-refractivity contribution is -0.294. The summed E-state index contributed by atoms with van der Waals surface area (Å²) in [5.74, 6) is 0. The third kappa shape index (κ3) is 3.37. The molecule has 0 saturated heterocycles. The molecule has 0 heterocycles. The lowest BCUT2D eigenvalue weighted by Crippen LogP contribution is -2.46. The van der Waals surface area contributed by atoms with Crippen molar-refractivity contribution < 1.29 is 5.73 Å². The maximum absolute atomic E-state index is 3.72. The molecule has 0 aromatic carbocycles. The van der Waals surface area contributed by atoms with Gasteiger partial charge in [-0.2, -0.15) is 0 Å². The predicted octanol–water partition coefficient (Wildman–Crippen LogP) is 0.874. The average Bonchev–Trinajstić information content (AvgIpc) is 1.68. The van der Waals surface area contributed by atoms with E-state index in [-0.39, 0.29) is 0 Å². The van der Waals surface area contributed by atoms with Gasteiger partial charge in [0.05, 0.1) is 0 Å². The minimum atomic E-state index is 0.988. The van der Waals surface area contributed by atoms with E-state index in [4.69, 9.17) is 0 Å². The van der Waals surface area contributed by atoms with E-state index in [0.717, 1.165) is 5.70 Å². The van der Waals surface area contributed by atoms with Crippen molar-refractivity contribution in [1.29, 1.82) is 0 Å². The second-order valence-electron chi connectivity index (χ2n) is 1.48. The number of hydrogen-bond donors (Lipinski definition) is 1. The molecular weight excluding hydrogens is 98.1 g/mol. The Morgan fingerprint density at radius 2 is 2.25 bits per heavy atom. The van der Waals surface area contributed by atoms with Gasteiger partial charge in [0.1, 0.15) is 5.70 Å². The van der Waals surface area contributed by atoms with E-state index in [1.54, 1.807) is 6.08 Å². The van der Waals surface area contributed by atoms with Crippen LogP contribution in [0.15, 0.2) is 36.6 Å². The monoisotopic (exact) mass is 110 g/mol. The van der Waals surface area contributed by atoms with Gasteiger partial charge < -0.3 is 5.73 Å². The molecule has 44 valence electrons. The molecule has 3 N–H and O–H groups in total. The fourth-order valence-corrected chi connectivity index (χ4v) is 0.421. The van der Waals surface area contributed by atoms with Crippen LogP contribution >= 0.6 is 0 Å². The zero-order valence-electron chi connectivity index (χ0n) is 5.22. The summed E-state index contributed by atoms with van der Waals surface area (Å²) in [6.45, 7) is 5.49. The lowest BCUT2D eigenvalue weighted by atomic mass is 10.4. The van der Waals surface area contributed by atoms with Crippen molar-refractivity contribution in [3.8, 4) is 0 Å². The molecule has 0 bridgehead atoms. The van der Waals surface area contributed by atoms with E-state index in [1.807, 2.05) is 25.2 Å². The van der Waals surface area contributed by atoms with Crippen LogP contribution in [-0.4, -0.2) is 0 Å². The van der Waals surface area contributed by atoms with Crippen LogP contribution in [0.4, 0.5) is 0 Å². The molecule has 0 aliphatic rings. The molecule has 0 fully saturated rings. The van der Waals surface area contributed by atoms with Crippen LogP contribution in [0.5, 0.6) is 0 Å². The van der Waals surface area contributed by atoms with Gasteiger partial charge in [0, 0.05) is 0 Å². The highest BCUT2D eigenvalue weighted by molar-refractivity contribution is 5.13. The molecule has 0 atom stereocenters. The minimum Gasteiger partial charge on any atom is -0.325 e. The Bertz CT molecular complexity index is 120. The van der Waals surface area contributed by atoms with Crippen LogP contribution in [0, 0.1) is 0 Å². The largest absolute Gasteiger partial charge is 0.325 e. The maximum Gasteiger partial charge on any atom is 0.127 e. The standard InChI is InChI=1S/C7H11N/c1-3-5-7(8)6-4-2/h3-6H,1,8H2,2H3/p+1. The molecule has 0 spiro atoms. The van der Waals surface area contributed by atoms with E-state index in [9.17, 15) is 0 Å². The molecule has 0 saturated carbocycles. The number of quaternary nitrogens is 1. The molecule has 0 aliphatic heterocycles. The molecule has 0 aromatic heterocycles. The summed E-state index contributed by atoms with van der Waals surface area (Å²) in [4.78, 5) is 0. The molecule has 1 heteroatoms. The van der Waals surface area contributed by atoms with Crippen molar-refractivity contribution >= 4 is 0 Å². The highest BCUT2D eigenvalue weighted by atomic mass is 14.5. The second-order valence-corrected chi connectivity index (χ2v) is 1.48. The Morgan fingerprint density at radius 1 is 1.62 bits per heavy atom. The molecule has 0 aliphatic carbocycles. The number of rotatable bonds is 2. The van der Waals surface area contributed by atoms with Crippen LogP contribution in [-0.2, 0) is 0 Å². The third-order valence-corrected chi connectivity index (χ3v) is 0.713. The van der Waals surface area contributed by atoms with Gasteiger partial charge in [0.2, 0.25) is 0 Å². The minimum absolute atomic E-state index is 0.988. The topological polar surface area (TPSA) is 27.6 Å². The summed E-state index contributed by atoms with van der Waals surface area (Å²) in [5, 5.41) is 0. The summed E-state index contributed by atoms with van der Waals surface area (Å²) >= 11 is 0. The smallest absolute Gasteiger partial charge is 0.127 e. The molecule has 0 unspecified atom stereocenters. The van der Waals surface area contributed by atoms with Crippen molar-refractivity contribution in [2.24, 2.45) is 0 Å². The van der Waals surface area contributed by atoms with Crippen LogP contribution < -0.4 is 5.73 Å². The van der Waals surface area contributed by atoms with Crippen LogP contribution in [0.2, 0.25) is 0 Å². The lowest BCUT2D eigenvalue weighted by Gasteiger charge is -1.78. The van der Waals surface area contributed by atoms with E-state index in [2.05, 4.69) is 12.3 Å². The summed E-state index contributed by atoms with van der Waals surface area (Å²) in [7, 11) is 0. The van der Waals surface area contributed by atoms with Gasteiger partial charge >= 0.3 is 0 Å². The van der Waals surface area contributed by atoms with Crippen LogP contribution in [0.3, 0.4) is 0 Å². The van der Waals surface area contributed by atoms with Crippen molar-refractivity contribution in [1.82, 2.24) is 0 Å². The molecule has 0 radical (unpaired) electrons. The van der Waals surface area contributed by atoms with Crippen LogP contribution in [0.25, 0.3) is 0 Å². The van der Waals surface area contributed by atoms with Crippen molar-refractivity contribution in [2.45, 2.75) is 6.92 Å². The van der Waals surface area contributed by atoms with Gasteiger partial charge in [-0.15, -0.1) is 0 Å². The summed E-state index contributed by atoms with van der Waals surface area (Å²) in [6, 6.07) is 0. The fourth-order valence-electron chi connectivity index (χ4n) is 0.421. The van der Waals surface area contributed by atoms with Crippen molar-refractivity contribution in [3.63, 3.8) is 0 Å². The summed E-state index contributed by atoms with van der Waals surface area (Å²) < 4.78 is 0. The number of allylic oxidation sites excluding steroid dienone is 4. The first kappa shape index (κ1) is 7.18. The highest BCUT2D eigenvalue weighted by Gasteiger charge is 1.77. The van der Waals surface area contributed by atoms with Gasteiger partial charge in [-0.05, 0) is 19.1 Å². The Balaban J connectivity index is 3.79. The first-order valence-corrected chi connectivity index (χ1v) is 2.58. The van der Waals surface area contributed by atoms with Crippen molar-refractivity contribution in [3.05, 3.63) is 36.6 Å². The first-order chi connectivity index (χ1) is 3.81.